The van der Waals surface area contributed by atoms with Crippen LogP contribution in [0.4, 0.5) is 0 Å². The maximum Gasteiger partial charge on any atom is 0.101 e. The van der Waals surface area contributed by atoms with Gasteiger partial charge in [0.25, 0.3) is 0 Å². The number of nitrogens with one attached hydrogen (secondary N) is 1. The summed E-state index contributed by atoms with van der Waals surface area (Å²) in [5.41, 5.74) is 3.46. The zero-order chi connectivity index (χ0) is 16.4. The minimum absolute atomic E-state index is 0.185. The first-order valence-corrected chi connectivity index (χ1v) is 10.6. The van der Waals surface area contributed by atoms with Crippen LogP contribution in [0.1, 0.15) is 42.5 Å². The van der Waals surface area contributed by atoms with Crippen molar-refractivity contribution in [3.63, 3.8) is 0 Å². The molecule has 2 nitrogen and oxygen atoms in total. The van der Waals surface area contributed by atoms with E-state index in [0.717, 1.165) is 14.2 Å². The van der Waals surface area contributed by atoms with E-state index in [2.05, 4.69) is 72.6 Å². The molecule has 0 spiro atoms. The van der Waals surface area contributed by atoms with Gasteiger partial charge in [0, 0.05) is 5.92 Å². The first-order valence-electron chi connectivity index (χ1n) is 8.98. The van der Waals surface area contributed by atoms with Gasteiger partial charge < -0.3 is 5.32 Å². The minimum atomic E-state index is 0.185. The van der Waals surface area contributed by atoms with E-state index in [9.17, 15) is 0 Å². The quantitative estimate of drug-likeness (QED) is 0.785. The van der Waals surface area contributed by atoms with Crippen molar-refractivity contribution in [2.45, 2.75) is 37.0 Å². The van der Waals surface area contributed by atoms with Crippen molar-refractivity contribution >= 4 is 14.4 Å². The lowest BCUT2D eigenvalue weighted by molar-refractivity contribution is 0.567. The molecule has 0 saturated heterocycles. The van der Waals surface area contributed by atoms with Gasteiger partial charge in [0.2, 0.25) is 0 Å². The molecule has 24 heavy (non-hydrogen) atoms. The molecule has 4 rings (SSSR count). The molecule has 2 aliphatic rings. The fourth-order valence-corrected chi connectivity index (χ4v) is 5.40. The molecule has 0 bridgehead atoms. The fourth-order valence-electron chi connectivity index (χ4n) is 4.18. The number of hydrogen-bond donors (Lipinski definition) is 1. The third kappa shape index (κ3) is 3.00. The molecule has 1 N–H and O–H groups in total. The second-order valence-electron chi connectivity index (χ2n) is 6.84. The Labute approximate surface area is 146 Å². The average Bonchev–Trinajstić information content (AvgIpc) is 3.29. The van der Waals surface area contributed by atoms with Crippen molar-refractivity contribution in [1.29, 1.82) is 0 Å². The lowest BCUT2D eigenvalue weighted by Crippen LogP contribution is -2.32. The van der Waals surface area contributed by atoms with Crippen molar-refractivity contribution in [3.8, 4) is 0 Å². The predicted molar refractivity (Wildman–Crippen MR) is 104 cm³/mol. The van der Waals surface area contributed by atoms with Crippen molar-refractivity contribution in [2.75, 3.05) is 6.66 Å². The van der Waals surface area contributed by atoms with Crippen molar-refractivity contribution in [1.82, 2.24) is 5.32 Å². The highest BCUT2D eigenvalue weighted by Crippen LogP contribution is 2.43. The van der Waals surface area contributed by atoms with Crippen LogP contribution in [0.3, 0.4) is 0 Å². The van der Waals surface area contributed by atoms with E-state index >= 15 is 0 Å². The molecule has 0 radical (unpaired) electrons. The van der Waals surface area contributed by atoms with Crippen molar-refractivity contribution in [2.24, 2.45) is 10.9 Å². The monoisotopic (exact) mass is 336 g/mol. The van der Waals surface area contributed by atoms with E-state index in [4.69, 9.17) is 4.99 Å². The summed E-state index contributed by atoms with van der Waals surface area (Å²) in [6, 6.07) is 22.0. The summed E-state index contributed by atoms with van der Waals surface area (Å²) in [5.74, 6) is 1.89. The maximum absolute atomic E-state index is 5.21. The van der Waals surface area contributed by atoms with Gasteiger partial charge in [-0.1, -0.05) is 67.1 Å². The molecule has 3 unspecified atom stereocenters. The van der Waals surface area contributed by atoms with E-state index in [1.807, 2.05) is 0 Å². The van der Waals surface area contributed by atoms with Gasteiger partial charge in [0.05, 0.1) is 6.04 Å². The highest BCUT2D eigenvalue weighted by atomic mass is 31.1. The van der Waals surface area contributed by atoms with Crippen LogP contribution >= 0.6 is 8.58 Å². The largest absolute Gasteiger partial charge is 0.364 e. The smallest absolute Gasteiger partial charge is 0.101 e. The lowest BCUT2D eigenvalue weighted by Gasteiger charge is -2.22. The van der Waals surface area contributed by atoms with Crippen LogP contribution in [-0.2, 0) is 0 Å². The predicted octanol–water partition coefficient (Wildman–Crippen LogP) is 4.95. The first-order chi connectivity index (χ1) is 11.9. The van der Waals surface area contributed by atoms with Gasteiger partial charge in [-0.05, 0) is 36.3 Å². The fraction of sp³-hybridized carbons (Fsp3) is 0.381. The molecule has 1 aliphatic carbocycles. The molecule has 0 aromatic heterocycles. The SMILES string of the molecule is CPC1CCCC1C1=N[C@H](c2ccccc2)[C@@H](c2ccccc2)N1. The third-order valence-corrected chi connectivity index (χ3v) is 6.87. The number of amidine groups is 1. The summed E-state index contributed by atoms with van der Waals surface area (Å²) in [5, 5.41) is 3.82. The Bertz CT molecular complexity index is 698. The Morgan fingerprint density at radius 1 is 0.917 bits per heavy atom. The second-order valence-corrected chi connectivity index (χ2v) is 8.15. The van der Waals surface area contributed by atoms with Gasteiger partial charge in [-0.2, -0.15) is 0 Å². The van der Waals surface area contributed by atoms with Crippen LogP contribution in [-0.4, -0.2) is 18.2 Å². The number of benzene rings is 2. The summed E-state index contributed by atoms with van der Waals surface area (Å²) < 4.78 is 0. The zero-order valence-corrected chi connectivity index (χ0v) is 15.2. The van der Waals surface area contributed by atoms with Crippen molar-refractivity contribution in [3.05, 3.63) is 71.8 Å². The van der Waals surface area contributed by atoms with Crippen LogP contribution in [0.5, 0.6) is 0 Å². The van der Waals surface area contributed by atoms with Gasteiger partial charge >= 0.3 is 0 Å². The zero-order valence-electron chi connectivity index (χ0n) is 14.2. The Kier molecular flexibility index (Phi) is 4.67. The Morgan fingerprint density at radius 3 is 2.25 bits per heavy atom. The van der Waals surface area contributed by atoms with Gasteiger partial charge in [0.15, 0.2) is 0 Å². The van der Waals surface area contributed by atoms with E-state index in [1.54, 1.807) is 0 Å². The summed E-state index contributed by atoms with van der Waals surface area (Å²) in [7, 11) is 1.01. The number of aliphatic imine (C=N–C) groups is 1. The normalized spacial score (nSPS) is 29.8. The minimum Gasteiger partial charge on any atom is -0.364 e. The van der Waals surface area contributed by atoms with E-state index in [-0.39, 0.29) is 12.1 Å². The molecular weight excluding hydrogens is 311 g/mol. The standard InChI is InChI=1S/C21H25N2P/c1-24-18-14-8-13-17(18)21-22-19(15-9-4-2-5-10-15)20(23-21)16-11-6-3-7-12-16/h2-7,9-12,17-20,24H,8,13-14H2,1H3,(H,22,23)/t17?,18?,19-,20-/m1/s1. The van der Waals surface area contributed by atoms with E-state index in [0.29, 0.717) is 5.92 Å². The van der Waals surface area contributed by atoms with Gasteiger partial charge in [-0.25, -0.2) is 0 Å². The molecule has 0 amide bonds. The summed E-state index contributed by atoms with van der Waals surface area (Å²) in [4.78, 5) is 5.21. The lowest BCUT2D eigenvalue weighted by atomic mass is 9.95. The molecule has 2 aromatic carbocycles. The van der Waals surface area contributed by atoms with Gasteiger partial charge in [-0.3, -0.25) is 4.99 Å². The third-order valence-electron chi connectivity index (χ3n) is 5.44. The van der Waals surface area contributed by atoms with E-state index in [1.165, 1.54) is 36.2 Å². The van der Waals surface area contributed by atoms with Crippen LogP contribution in [0.15, 0.2) is 65.7 Å². The maximum atomic E-state index is 5.21. The Hall–Kier alpha value is -1.66. The molecule has 5 atom stereocenters. The molecule has 1 fully saturated rings. The molecule has 3 heteroatoms. The molecular formula is C21H25N2P. The molecule has 2 aromatic rings. The molecule has 1 heterocycles. The summed E-state index contributed by atoms with van der Waals surface area (Å²) >= 11 is 0. The summed E-state index contributed by atoms with van der Waals surface area (Å²) in [6.45, 7) is 2.35. The van der Waals surface area contributed by atoms with E-state index < -0.39 is 0 Å². The second kappa shape index (κ2) is 7.07. The number of rotatable bonds is 4. The van der Waals surface area contributed by atoms with Crippen molar-refractivity contribution < 1.29 is 0 Å². The number of hydrogen-bond acceptors (Lipinski definition) is 2. The average molecular weight is 336 g/mol. The highest BCUT2D eigenvalue weighted by molar-refractivity contribution is 7.38. The molecule has 1 saturated carbocycles. The van der Waals surface area contributed by atoms with Crippen LogP contribution < -0.4 is 5.32 Å². The Morgan fingerprint density at radius 2 is 1.58 bits per heavy atom. The number of nitrogens with zero attached hydrogens (tertiary/aromatic N) is 1. The topological polar surface area (TPSA) is 24.4 Å². The van der Waals surface area contributed by atoms with Crippen LogP contribution in [0, 0.1) is 5.92 Å². The van der Waals surface area contributed by atoms with Crippen LogP contribution in [0.25, 0.3) is 0 Å². The van der Waals surface area contributed by atoms with Crippen LogP contribution in [0.2, 0.25) is 0 Å². The molecule has 1 aliphatic heterocycles. The van der Waals surface area contributed by atoms with Gasteiger partial charge in [-0.15, -0.1) is 8.58 Å². The highest BCUT2D eigenvalue weighted by Gasteiger charge is 2.38. The molecule has 124 valence electrons. The Balaban J connectivity index is 1.68. The first kappa shape index (κ1) is 15.8. The summed E-state index contributed by atoms with van der Waals surface area (Å²) in [6.07, 6.45) is 4.01. The van der Waals surface area contributed by atoms with Gasteiger partial charge in [0.1, 0.15) is 11.9 Å².